The number of hydrogen-bond donors (Lipinski definition) is 0. The summed E-state index contributed by atoms with van der Waals surface area (Å²) in [6.45, 7) is 8.18. The monoisotopic (exact) mass is 380 g/mol. The second-order valence-electron chi connectivity index (χ2n) is 7.64. The summed E-state index contributed by atoms with van der Waals surface area (Å²) in [7, 11) is 0. The first kappa shape index (κ1) is 22.1. The predicted octanol–water partition coefficient (Wildman–Crippen LogP) is 6.06. The number of halogens is 1. The Kier molecular flexibility index (Phi) is 8.67. The average Bonchev–Trinajstić information content (AvgIpc) is 3.47. The topological polar surface area (TPSA) is 27.0 Å². The Balaban J connectivity index is 0.000000878. The number of hydrogen-bond acceptors (Lipinski definition) is 2. The number of likely N-dealkylation sites (N-methyl/N-ethyl adjacent to an activating group) is 1. The molecular weight excluding hydrogens is 347 g/mol. The van der Waals surface area contributed by atoms with Crippen molar-refractivity contribution in [3.05, 3.63) is 71.3 Å². The van der Waals surface area contributed by atoms with Crippen molar-refractivity contribution in [1.29, 1.82) is 5.26 Å². The minimum atomic E-state index is -1.01. The highest BCUT2D eigenvalue weighted by Crippen LogP contribution is 2.49. The van der Waals surface area contributed by atoms with E-state index in [1.54, 1.807) is 6.07 Å². The zero-order valence-electron chi connectivity index (χ0n) is 17.5. The molecule has 0 aliphatic heterocycles. The third-order valence-electron chi connectivity index (χ3n) is 5.57. The van der Waals surface area contributed by atoms with Crippen LogP contribution in [-0.2, 0) is 18.5 Å². The van der Waals surface area contributed by atoms with Crippen LogP contribution >= 0.6 is 0 Å². The van der Waals surface area contributed by atoms with Gasteiger partial charge in [-0.3, -0.25) is 0 Å². The Hall–Kier alpha value is -2.18. The van der Waals surface area contributed by atoms with E-state index in [1.807, 2.05) is 12.1 Å². The van der Waals surface area contributed by atoms with Crippen molar-refractivity contribution in [2.45, 2.75) is 64.6 Å². The van der Waals surface area contributed by atoms with Gasteiger partial charge in [-0.15, -0.1) is 0 Å². The van der Waals surface area contributed by atoms with Gasteiger partial charge in [-0.1, -0.05) is 61.5 Å². The molecule has 1 atom stereocenters. The number of nitrogens with zero attached hydrogens (tertiary/aromatic N) is 2. The standard InChI is InChI=1S/C23H30FN.C2H3N/c1-3-25(18-15-20-7-5-4-6-8-20)19(2)9-10-21-11-13-22(14-12-21)23(24)16-17-23;1-2-3/h4-8,11-14,19H,3,9-10,15-18H2,1-2H3;1H3. The van der Waals surface area contributed by atoms with E-state index < -0.39 is 5.67 Å². The SMILES string of the molecule is CC#N.CCN(CCc1ccccc1)C(C)CCc1ccc(C2(F)CC2)cc1. The van der Waals surface area contributed by atoms with Crippen LogP contribution in [0.2, 0.25) is 0 Å². The normalized spacial score (nSPS) is 15.3. The molecule has 2 nitrogen and oxygen atoms in total. The van der Waals surface area contributed by atoms with E-state index in [0.717, 1.165) is 37.9 Å². The summed E-state index contributed by atoms with van der Waals surface area (Å²) >= 11 is 0. The van der Waals surface area contributed by atoms with Gasteiger partial charge in [-0.05, 0) is 62.3 Å². The fourth-order valence-corrected chi connectivity index (χ4v) is 3.53. The van der Waals surface area contributed by atoms with Gasteiger partial charge in [0.1, 0.15) is 5.67 Å². The fourth-order valence-electron chi connectivity index (χ4n) is 3.53. The van der Waals surface area contributed by atoms with Gasteiger partial charge in [0.05, 0.1) is 6.07 Å². The summed E-state index contributed by atoms with van der Waals surface area (Å²) < 4.78 is 14.0. The molecule has 0 spiro atoms. The summed E-state index contributed by atoms with van der Waals surface area (Å²) in [5.41, 5.74) is 2.58. The zero-order valence-corrected chi connectivity index (χ0v) is 17.5. The van der Waals surface area contributed by atoms with Gasteiger partial charge in [0.15, 0.2) is 0 Å². The maximum absolute atomic E-state index is 14.0. The third kappa shape index (κ3) is 6.77. The van der Waals surface area contributed by atoms with E-state index in [-0.39, 0.29) is 0 Å². The van der Waals surface area contributed by atoms with Crippen LogP contribution in [0.15, 0.2) is 54.6 Å². The van der Waals surface area contributed by atoms with Crippen molar-refractivity contribution in [3.63, 3.8) is 0 Å². The summed E-state index contributed by atoms with van der Waals surface area (Å²) in [6, 6.07) is 21.2. The molecule has 1 fully saturated rings. The molecule has 0 amide bonds. The van der Waals surface area contributed by atoms with Crippen molar-refractivity contribution in [1.82, 2.24) is 4.90 Å². The van der Waals surface area contributed by atoms with Crippen LogP contribution in [0.5, 0.6) is 0 Å². The summed E-state index contributed by atoms with van der Waals surface area (Å²) in [5.74, 6) is 0. The third-order valence-corrected chi connectivity index (χ3v) is 5.57. The second kappa shape index (κ2) is 11.0. The summed E-state index contributed by atoms with van der Waals surface area (Å²) in [4.78, 5) is 2.56. The van der Waals surface area contributed by atoms with Crippen molar-refractivity contribution in [2.24, 2.45) is 0 Å². The lowest BCUT2D eigenvalue weighted by Gasteiger charge is -2.28. The molecule has 0 heterocycles. The number of aryl methyl sites for hydroxylation is 1. The van der Waals surface area contributed by atoms with E-state index in [0.29, 0.717) is 18.9 Å². The van der Waals surface area contributed by atoms with Crippen LogP contribution in [0.1, 0.15) is 56.7 Å². The maximum Gasteiger partial charge on any atom is 0.136 e. The van der Waals surface area contributed by atoms with Gasteiger partial charge in [0.25, 0.3) is 0 Å². The van der Waals surface area contributed by atoms with Crippen molar-refractivity contribution in [2.75, 3.05) is 13.1 Å². The van der Waals surface area contributed by atoms with Crippen LogP contribution < -0.4 is 0 Å². The number of nitriles is 1. The summed E-state index contributed by atoms with van der Waals surface area (Å²) in [6.07, 6.45) is 4.68. The quantitative estimate of drug-likeness (QED) is 0.528. The Morgan fingerprint density at radius 1 is 1.04 bits per heavy atom. The molecule has 3 rings (SSSR count). The second-order valence-corrected chi connectivity index (χ2v) is 7.64. The van der Waals surface area contributed by atoms with Crippen LogP contribution in [-0.4, -0.2) is 24.0 Å². The van der Waals surface area contributed by atoms with Gasteiger partial charge in [-0.25, -0.2) is 4.39 Å². The lowest BCUT2D eigenvalue weighted by molar-refractivity contribution is 0.212. The molecule has 1 unspecified atom stereocenters. The van der Waals surface area contributed by atoms with Gasteiger partial charge in [0, 0.05) is 19.5 Å². The lowest BCUT2D eigenvalue weighted by Crippen LogP contribution is -2.35. The highest BCUT2D eigenvalue weighted by Gasteiger charge is 2.44. The molecular formula is C25H33FN2. The van der Waals surface area contributed by atoms with E-state index in [1.165, 1.54) is 18.1 Å². The molecule has 0 bridgehead atoms. The van der Waals surface area contributed by atoms with Gasteiger partial charge >= 0.3 is 0 Å². The predicted molar refractivity (Wildman–Crippen MR) is 115 cm³/mol. The van der Waals surface area contributed by atoms with Crippen molar-refractivity contribution >= 4 is 0 Å². The molecule has 0 aromatic heterocycles. The van der Waals surface area contributed by atoms with E-state index in [4.69, 9.17) is 5.26 Å². The molecule has 3 heteroatoms. The molecule has 28 heavy (non-hydrogen) atoms. The molecule has 1 aliphatic rings. The van der Waals surface area contributed by atoms with Gasteiger partial charge in [0.2, 0.25) is 0 Å². The maximum atomic E-state index is 14.0. The van der Waals surface area contributed by atoms with Gasteiger partial charge in [-0.2, -0.15) is 5.26 Å². The highest BCUT2D eigenvalue weighted by molar-refractivity contribution is 5.31. The molecule has 2 aromatic rings. The minimum Gasteiger partial charge on any atom is -0.301 e. The molecule has 0 saturated heterocycles. The largest absolute Gasteiger partial charge is 0.301 e. The molecule has 0 radical (unpaired) electrons. The molecule has 1 saturated carbocycles. The zero-order chi connectivity index (χ0) is 20.4. The molecule has 2 aromatic carbocycles. The molecule has 0 N–H and O–H groups in total. The van der Waals surface area contributed by atoms with Crippen LogP contribution in [0, 0.1) is 11.3 Å². The summed E-state index contributed by atoms with van der Waals surface area (Å²) in [5, 5.41) is 7.32. The van der Waals surface area contributed by atoms with E-state index >= 15 is 0 Å². The Labute approximate surface area is 170 Å². The Morgan fingerprint density at radius 3 is 2.14 bits per heavy atom. The first-order valence-electron chi connectivity index (χ1n) is 10.4. The van der Waals surface area contributed by atoms with Crippen molar-refractivity contribution < 1.29 is 4.39 Å². The van der Waals surface area contributed by atoms with Crippen LogP contribution in [0.4, 0.5) is 4.39 Å². The lowest BCUT2D eigenvalue weighted by atomic mass is 10.0. The van der Waals surface area contributed by atoms with E-state index in [9.17, 15) is 4.39 Å². The number of rotatable bonds is 9. The number of benzene rings is 2. The smallest absolute Gasteiger partial charge is 0.136 e. The first-order valence-corrected chi connectivity index (χ1v) is 10.4. The molecule has 150 valence electrons. The average molecular weight is 381 g/mol. The number of alkyl halides is 1. The Morgan fingerprint density at radius 2 is 1.61 bits per heavy atom. The van der Waals surface area contributed by atoms with Crippen LogP contribution in [0.25, 0.3) is 0 Å². The van der Waals surface area contributed by atoms with Crippen LogP contribution in [0.3, 0.4) is 0 Å². The van der Waals surface area contributed by atoms with E-state index in [2.05, 4.69) is 61.2 Å². The first-order chi connectivity index (χ1) is 13.5. The Bertz CT molecular complexity index is 729. The highest BCUT2D eigenvalue weighted by atomic mass is 19.1. The molecule has 1 aliphatic carbocycles. The minimum absolute atomic E-state index is 0.560. The fraction of sp³-hybridized carbons (Fsp3) is 0.480. The van der Waals surface area contributed by atoms with Crippen molar-refractivity contribution in [3.8, 4) is 6.07 Å². The van der Waals surface area contributed by atoms with Gasteiger partial charge < -0.3 is 4.90 Å².